The Bertz CT molecular complexity index is 671. The van der Waals surface area contributed by atoms with Crippen LogP contribution in [0.15, 0.2) is 30.3 Å². The lowest BCUT2D eigenvalue weighted by atomic mass is 10.1. The molecule has 0 aliphatic carbocycles. The molecule has 2 rings (SSSR count). The lowest BCUT2D eigenvalue weighted by Crippen LogP contribution is -2.44. The molecular weight excluding hydrogens is 374 g/mol. The summed E-state index contributed by atoms with van der Waals surface area (Å²) in [4.78, 5) is 26.2. The molecule has 0 aromatic heterocycles. The Morgan fingerprint density at radius 2 is 1.82 bits per heavy atom. The molecule has 156 valence electrons. The minimum absolute atomic E-state index is 0.0755. The third-order valence-corrected chi connectivity index (χ3v) is 10.2. The van der Waals surface area contributed by atoms with E-state index in [1.165, 1.54) is 7.11 Å². The highest BCUT2D eigenvalue weighted by Gasteiger charge is 2.44. The number of amides is 1. The smallest absolute Gasteiger partial charge is 0.410 e. The summed E-state index contributed by atoms with van der Waals surface area (Å²) in [6, 6.07) is 9.27. The Labute approximate surface area is 169 Å². The molecule has 0 bridgehead atoms. The molecule has 7 heteroatoms. The van der Waals surface area contributed by atoms with Crippen LogP contribution in [0, 0.1) is 0 Å². The van der Waals surface area contributed by atoms with Crippen LogP contribution in [0.2, 0.25) is 18.1 Å². The molecule has 0 unspecified atom stereocenters. The summed E-state index contributed by atoms with van der Waals surface area (Å²) in [7, 11) is -0.618. The van der Waals surface area contributed by atoms with Gasteiger partial charge in [0.1, 0.15) is 6.61 Å². The van der Waals surface area contributed by atoms with Gasteiger partial charge in [-0.1, -0.05) is 51.1 Å². The highest BCUT2D eigenvalue weighted by Crippen LogP contribution is 2.39. The average Bonchev–Trinajstić information content (AvgIpc) is 3.01. The van der Waals surface area contributed by atoms with E-state index in [0.717, 1.165) is 5.56 Å². The van der Waals surface area contributed by atoms with Crippen LogP contribution in [0.4, 0.5) is 4.79 Å². The monoisotopic (exact) mass is 407 g/mol. The van der Waals surface area contributed by atoms with Gasteiger partial charge in [0.2, 0.25) is 0 Å². The van der Waals surface area contributed by atoms with Gasteiger partial charge in [-0.15, -0.1) is 0 Å². The van der Waals surface area contributed by atoms with Gasteiger partial charge in [-0.05, 0) is 30.1 Å². The van der Waals surface area contributed by atoms with Crippen molar-refractivity contribution in [3.63, 3.8) is 0 Å². The number of likely N-dealkylation sites (tertiary alicyclic amines) is 1. The fraction of sp³-hybridized carbons (Fsp3) is 0.619. The molecule has 0 N–H and O–H groups in total. The van der Waals surface area contributed by atoms with Crippen molar-refractivity contribution in [1.29, 1.82) is 0 Å². The quantitative estimate of drug-likeness (QED) is 0.518. The van der Waals surface area contributed by atoms with Crippen LogP contribution in [0.5, 0.6) is 0 Å². The molecule has 1 amide bonds. The number of carbonyl (C=O) groups excluding carboxylic acids is 2. The predicted molar refractivity (Wildman–Crippen MR) is 110 cm³/mol. The standard InChI is InChI=1S/C21H33NO5Si/c1-21(2,3)28(5,6)27-18-12-17(13-19(23)25-4)22(14-18)20(24)26-15-16-10-8-7-9-11-16/h7-11,17-18H,12-15H2,1-6H3/t17-,18+/m0/s1. The number of hydrogen-bond donors (Lipinski definition) is 0. The van der Waals surface area contributed by atoms with Crippen molar-refractivity contribution in [3.05, 3.63) is 35.9 Å². The molecule has 28 heavy (non-hydrogen) atoms. The van der Waals surface area contributed by atoms with E-state index >= 15 is 0 Å². The molecule has 2 atom stereocenters. The number of methoxy groups -OCH3 is 1. The molecule has 0 saturated carbocycles. The van der Waals surface area contributed by atoms with E-state index in [1.807, 2.05) is 30.3 Å². The second-order valence-corrected chi connectivity index (χ2v) is 13.6. The highest BCUT2D eigenvalue weighted by molar-refractivity contribution is 6.74. The van der Waals surface area contributed by atoms with E-state index in [2.05, 4.69) is 33.9 Å². The molecule has 6 nitrogen and oxygen atoms in total. The molecule has 1 aromatic rings. The summed E-state index contributed by atoms with van der Waals surface area (Å²) in [6.07, 6.45) is 0.245. The van der Waals surface area contributed by atoms with E-state index in [9.17, 15) is 9.59 Å². The van der Waals surface area contributed by atoms with Gasteiger partial charge in [0.05, 0.1) is 19.6 Å². The SMILES string of the molecule is COC(=O)C[C@@H]1C[C@@H](O[Si](C)(C)C(C)(C)C)CN1C(=O)OCc1ccccc1. The molecule has 1 fully saturated rings. The van der Waals surface area contributed by atoms with Crippen molar-refractivity contribution in [1.82, 2.24) is 4.90 Å². The number of benzene rings is 1. The average molecular weight is 408 g/mol. The summed E-state index contributed by atoms with van der Waals surface area (Å²) in [5, 5.41) is 0.0755. The van der Waals surface area contributed by atoms with Gasteiger partial charge in [0, 0.05) is 12.6 Å². The lowest BCUT2D eigenvalue weighted by Gasteiger charge is -2.38. The van der Waals surface area contributed by atoms with Crippen LogP contribution in [-0.2, 0) is 25.3 Å². The minimum atomic E-state index is -1.98. The first-order chi connectivity index (χ1) is 13.0. The summed E-state index contributed by atoms with van der Waals surface area (Å²) in [6.45, 7) is 11.6. The minimum Gasteiger partial charge on any atom is -0.469 e. The van der Waals surface area contributed by atoms with E-state index < -0.39 is 14.4 Å². The van der Waals surface area contributed by atoms with Crippen LogP contribution in [0.3, 0.4) is 0 Å². The first kappa shape index (κ1) is 22.4. The van der Waals surface area contributed by atoms with E-state index in [4.69, 9.17) is 13.9 Å². The Balaban J connectivity index is 2.05. The van der Waals surface area contributed by atoms with Gasteiger partial charge >= 0.3 is 12.1 Å². The Morgan fingerprint density at radius 1 is 1.18 bits per heavy atom. The number of hydrogen-bond acceptors (Lipinski definition) is 5. The van der Waals surface area contributed by atoms with Crippen molar-refractivity contribution < 1.29 is 23.5 Å². The summed E-state index contributed by atoms with van der Waals surface area (Å²) in [5.41, 5.74) is 0.925. The van der Waals surface area contributed by atoms with E-state index in [0.29, 0.717) is 13.0 Å². The molecule has 1 saturated heterocycles. The van der Waals surface area contributed by atoms with Crippen LogP contribution in [-0.4, -0.2) is 51.1 Å². The second-order valence-electron chi connectivity index (χ2n) is 8.86. The number of rotatable bonds is 6. The topological polar surface area (TPSA) is 65.1 Å². The summed E-state index contributed by atoms with van der Waals surface area (Å²) >= 11 is 0. The molecule has 1 aliphatic heterocycles. The van der Waals surface area contributed by atoms with Gasteiger partial charge in [0.25, 0.3) is 0 Å². The fourth-order valence-electron chi connectivity index (χ4n) is 3.05. The van der Waals surface area contributed by atoms with Gasteiger partial charge in [-0.3, -0.25) is 4.79 Å². The fourth-order valence-corrected chi connectivity index (χ4v) is 4.41. The largest absolute Gasteiger partial charge is 0.469 e. The molecule has 1 aliphatic rings. The summed E-state index contributed by atoms with van der Waals surface area (Å²) < 4.78 is 16.8. The number of esters is 1. The first-order valence-electron chi connectivity index (χ1n) is 9.75. The van der Waals surface area contributed by atoms with Gasteiger partial charge in [-0.2, -0.15) is 0 Å². The Morgan fingerprint density at radius 3 is 2.39 bits per heavy atom. The van der Waals surface area contributed by atoms with Crippen LogP contribution < -0.4 is 0 Å². The zero-order valence-electron chi connectivity index (χ0n) is 17.9. The highest BCUT2D eigenvalue weighted by atomic mass is 28.4. The van der Waals surface area contributed by atoms with E-state index in [1.54, 1.807) is 4.90 Å². The van der Waals surface area contributed by atoms with Gasteiger partial charge in [0.15, 0.2) is 8.32 Å². The number of ether oxygens (including phenoxy) is 2. The first-order valence-corrected chi connectivity index (χ1v) is 12.7. The number of nitrogens with zero attached hydrogens (tertiary/aromatic N) is 1. The van der Waals surface area contributed by atoms with Crippen molar-refractivity contribution in [2.75, 3.05) is 13.7 Å². The lowest BCUT2D eigenvalue weighted by molar-refractivity contribution is -0.141. The third-order valence-electron chi connectivity index (χ3n) is 5.71. The maximum atomic E-state index is 12.7. The maximum Gasteiger partial charge on any atom is 0.410 e. The van der Waals surface area contributed by atoms with E-state index in [-0.39, 0.29) is 36.2 Å². The zero-order valence-corrected chi connectivity index (χ0v) is 18.9. The Kier molecular flexibility index (Phi) is 7.28. The normalized spacial score (nSPS) is 20.1. The van der Waals surface area contributed by atoms with Crippen LogP contribution in [0.25, 0.3) is 0 Å². The van der Waals surface area contributed by atoms with Gasteiger partial charge < -0.3 is 18.8 Å². The molecule has 0 spiro atoms. The van der Waals surface area contributed by atoms with Crippen molar-refractivity contribution >= 4 is 20.4 Å². The van der Waals surface area contributed by atoms with Crippen molar-refractivity contribution in [2.45, 2.75) is 70.5 Å². The third kappa shape index (κ3) is 5.82. The van der Waals surface area contributed by atoms with Gasteiger partial charge in [-0.25, -0.2) is 4.79 Å². The second kappa shape index (κ2) is 9.09. The molecular formula is C21H33NO5Si. The maximum absolute atomic E-state index is 12.7. The Hall–Kier alpha value is -1.86. The molecule has 0 radical (unpaired) electrons. The molecule has 1 heterocycles. The van der Waals surface area contributed by atoms with Crippen LogP contribution >= 0.6 is 0 Å². The number of carbonyl (C=O) groups is 2. The van der Waals surface area contributed by atoms with Crippen LogP contribution in [0.1, 0.15) is 39.2 Å². The molecule has 1 aromatic carbocycles. The van der Waals surface area contributed by atoms with Crippen molar-refractivity contribution in [3.8, 4) is 0 Å². The van der Waals surface area contributed by atoms with Crippen molar-refractivity contribution in [2.24, 2.45) is 0 Å². The zero-order chi connectivity index (χ0) is 20.9. The predicted octanol–water partition coefficient (Wildman–Crippen LogP) is 4.35. The summed E-state index contributed by atoms with van der Waals surface area (Å²) in [5.74, 6) is -0.334.